The zero-order valence-electron chi connectivity index (χ0n) is 17.3. The quantitative estimate of drug-likeness (QED) is 0.672. The molecule has 0 saturated carbocycles. The summed E-state index contributed by atoms with van der Waals surface area (Å²) in [6, 6.07) is 7.35. The molecule has 1 aromatic carbocycles. The number of nitrogens with zero attached hydrogens (tertiary/aromatic N) is 2. The van der Waals surface area contributed by atoms with Crippen LogP contribution in [0.1, 0.15) is 24.5 Å². The normalized spacial score (nSPS) is 12.7. The third-order valence-electron chi connectivity index (χ3n) is 4.42. The summed E-state index contributed by atoms with van der Waals surface area (Å²) in [4.78, 5) is 29.7. The maximum Gasteiger partial charge on any atom is 0.263 e. The van der Waals surface area contributed by atoms with Crippen LogP contribution in [-0.2, 0) is 16.1 Å². The number of benzene rings is 1. The van der Waals surface area contributed by atoms with Crippen LogP contribution in [0.25, 0.3) is 6.08 Å². The van der Waals surface area contributed by atoms with Crippen molar-refractivity contribution in [3.8, 4) is 17.2 Å². The lowest BCUT2D eigenvalue weighted by molar-refractivity contribution is -0.125. The van der Waals surface area contributed by atoms with E-state index in [1.165, 1.54) is 6.08 Å². The standard InChI is InChI=1S/C22H25N3O5/c1-4-10-29-21-16(6-5-7-17(21)28-3)13-25(2)20(27)9-8-15-11-18-22(23-12-15)24-19(26)14-30-18/h5-9,11-12H,4,10,13-14H2,1-3H3,(H,23,24,26). The number of rotatable bonds is 8. The summed E-state index contributed by atoms with van der Waals surface area (Å²) in [5, 5.41) is 2.63. The van der Waals surface area contributed by atoms with Gasteiger partial charge in [0, 0.05) is 31.4 Å². The molecule has 0 radical (unpaired) electrons. The van der Waals surface area contributed by atoms with Gasteiger partial charge in [-0.3, -0.25) is 9.59 Å². The van der Waals surface area contributed by atoms with Crippen LogP contribution < -0.4 is 19.5 Å². The number of nitrogens with one attached hydrogen (secondary N) is 1. The molecule has 8 nitrogen and oxygen atoms in total. The highest BCUT2D eigenvalue weighted by Crippen LogP contribution is 2.32. The average molecular weight is 411 g/mol. The van der Waals surface area contributed by atoms with Gasteiger partial charge in [0.25, 0.3) is 5.91 Å². The van der Waals surface area contributed by atoms with E-state index in [0.29, 0.717) is 41.8 Å². The molecule has 1 aliphatic heterocycles. The molecule has 158 valence electrons. The van der Waals surface area contributed by atoms with Crippen LogP contribution in [0.4, 0.5) is 5.82 Å². The van der Waals surface area contributed by atoms with Gasteiger partial charge in [-0.15, -0.1) is 0 Å². The molecule has 1 aromatic heterocycles. The average Bonchev–Trinajstić information content (AvgIpc) is 2.76. The second-order valence-electron chi connectivity index (χ2n) is 6.78. The maximum absolute atomic E-state index is 12.6. The number of carbonyl (C=O) groups is 2. The largest absolute Gasteiger partial charge is 0.493 e. The number of para-hydroxylation sites is 1. The highest BCUT2D eigenvalue weighted by molar-refractivity contribution is 5.95. The molecular weight excluding hydrogens is 386 g/mol. The number of methoxy groups -OCH3 is 1. The van der Waals surface area contributed by atoms with E-state index in [0.717, 1.165) is 12.0 Å². The Morgan fingerprint density at radius 3 is 3.00 bits per heavy atom. The number of anilines is 1. The van der Waals surface area contributed by atoms with Gasteiger partial charge in [0.05, 0.1) is 13.7 Å². The number of fused-ring (bicyclic) bond motifs is 1. The van der Waals surface area contributed by atoms with Gasteiger partial charge in [-0.1, -0.05) is 19.1 Å². The Hall–Kier alpha value is -3.55. The molecule has 0 unspecified atom stereocenters. The fourth-order valence-corrected chi connectivity index (χ4v) is 2.91. The molecule has 8 heteroatoms. The highest BCUT2D eigenvalue weighted by Gasteiger charge is 2.17. The number of likely N-dealkylation sites (N-methyl/N-ethyl adjacent to an activating group) is 1. The number of pyridine rings is 1. The second kappa shape index (κ2) is 9.78. The molecule has 30 heavy (non-hydrogen) atoms. The topological polar surface area (TPSA) is 90.0 Å². The number of ether oxygens (including phenoxy) is 3. The van der Waals surface area contributed by atoms with Gasteiger partial charge < -0.3 is 24.4 Å². The Labute approximate surface area is 175 Å². The van der Waals surface area contributed by atoms with Crippen LogP contribution in [-0.4, -0.2) is 49.1 Å². The summed E-state index contributed by atoms with van der Waals surface area (Å²) in [6.07, 6.45) is 5.57. The van der Waals surface area contributed by atoms with Crippen LogP contribution in [0.2, 0.25) is 0 Å². The monoisotopic (exact) mass is 411 g/mol. The van der Waals surface area contributed by atoms with E-state index in [1.807, 2.05) is 25.1 Å². The summed E-state index contributed by atoms with van der Waals surface area (Å²) in [6.45, 7) is 2.92. The van der Waals surface area contributed by atoms with Crippen LogP contribution in [0.15, 0.2) is 36.5 Å². The van der Waals surface area contributed by atoms with Crippen molar-refractivity contribution in [1.82, 2.24) is 9.88 Å². The molecule has 1 N–H and O–H groups in total. The Balaban J connectivity index is 1.69. The van der Waals surface area contributed by atoms with Crippen molar-refractivity contribution in [2.24, 2.45) is 0 Å². The van der Waals surface area contributed by atoms with Crippen molar-refractivity contribution < 1.29 is 23.8 Å². The predicted octanol–water partition coefficient (Wildman–Crippen LogP) is 2.88. The predicted molar refractivity (Wildman–Crippen MR) is 113 cm³/mol. The lowest BCUT2D eigenvalue weighted by Crippen LogP contribution is -2.26. The fraction of sp³-hybridized carbons (Fsp3) is 0.318. The van der Waals surface area contributed by atoms with Gasteiger partial charge in [-0.25, -0.2) is 4.98 Å². The first-order chi connectivity index (χ1) is 14.5. The maximum atomic E-state index is 12.6. The molecule has 1 aliphatic rings. The van der Waals surface area contributed by atoms with Gasteiger partial charge in [0.15, 0.2) is 29.7 Å². The van der Waals surface area contributed by atoms with Crippen LogP contribution in [0.3, 0.4) is 0 Å². The van der Waals surface area contributed by atoms with Gasteiger partial charge in [-0.05, 0) is 30.2 Å². The van der Waals surface area contributed by atoms with E-state index in [9.17, 15) is 9.59 Å². The van der Waals surface area contributed by atoms with Crippen molar-refractivity contribution in [2.75, 3.05) is 32.7 Å². The molecule has 0 saturated heterocycles. The molecule has 0 fully saturated rings. The number of amides is 2. The molecule has 0 atom stereocenters. The minimum atomic E-state index is -0.241. The summed E-state index contributed by atoms with van der Waals surface area (Å²) >= 11 is 0. The minimum Gasteiger partial charge on any atom is -0.493 e. The SMILES string of the molecule is CCCOc1c(CN(C)C(=O)C=Cc2cnc3c(c2)OCC(=O)N3)cccc1OC. The molecule has 2 aromatic rings. The van der Waals surface area contributed by atoms with Crippen LogP contribution in [0, 0.1) is 0 Å². The molecule has 3 rings (SSSR count). The first-order valence-corrected chi connectivity index (χ1v) is 9.66. The Morgan fingerprint density at radius 1 is 1.40 bits per heavy atom. The molecule has 0 bridgehead atoms. The Morgan fingerprint density at radius 2 is 2.23 bits per heavy atom. The second-order valence-corrected chi connectivity index (χ2v) is 6.78. The number of hydrogen-bond donors (Lipinski definition) is 1. The zero-order valence-corrected chi connectivity index (χ0v) is 17.3. The highest BCUT2D eigenvalue weighted by atomic mass is 16.5. The van der Waals surface area contributed by atoms with Crippen molar-refractivity contribution in [3.05, 3.63) is 47.7 Å². The van der Waals surface area contributed by atoms with Crippen molar-refractivity contribution in [2.45, 2.75) is 19.9 Å². The van der Waals surface area contributed by atoms with Crippen molar-refractivity contribution >= 4 is 23.7 Å². The minimum absolute atomic E-state index is 0.0491. The van der Waals surface area contributed by atoms with E-state index >= 15 is 0 Å². The van der Waals surface area contributed by atoms with E-state index in [-0.39, 0.29) is 18.4 Å². The number of aromatic nitrogens is 1. The summed E-state index contributed by atoms with van der Waals surface area (Å²) < 4.78 is 16.6. The van der Waals surface area contributed by atoms with Gasteiger partial charge >= 0.3 is 0 Å². The number of carbonyl (C=O) groups excluding carboxylic acids is 2. The molecular formula is C22H25N3O5. The zero-order chi connectivity index (χ0) is 21.5. The third kappa shape index (κ3) is 5.08. The van der Waals surface area contributed by atoms with E-state index in [2.05, 4.69) is 10.3 Å². The molecule has 2 amide bonds. The lowest BCUT2D eigenvalue weighted by atomic mass is 10.1. The van der Waals surface area contributed by atoms with E-state index < -0.39 is 0 Å². The smallest absolute Gasteiger partial charge is 0.263 e. The fourth-order valence-electron chi connectivity index (χ4n) is 2.91. The Kier molecular flexibility index (Phi) is 6.90. The third-order valence-corrected chi connectivity index (χ3v) is 4.42. The molecule has 0 aliphatic carbocycles. The first-order valence-electron chi connectivity index (χ1n) is 9.66. The summed E-state index contributed by atoms with van der Waals surface area (Å²) in [7, 11) is 3.32. The van der Waals surface area contributed by atoms with Gasteiger partial charge in [-0.2, -0.15) is 0 Å². The molecule has 2 heterocycles. The summed E-state index contributed by atoms with van der Waals surface area (Å²) in [5.74, 6) is 1.74. The lowest BCUT2D eigenvalue weighted by Gasteiger charge is -2.19. The first kappa shape index (κ1) is 21.2. The van der Waals surface area contributed by atoms with Crippen molar-refractivity contribution in [3.63, 3.8) is 0 Å². The van der Waals surface area contributed by atoms with Crippen LogP contribution >= 0.6 is 0 Å². The van der Waals surface area contributed by atoms with Crippen LogP contribution in [0.5, 0.6) is 17.2 Å². The molecule has 0 spiro atoms. The van der Waals surface area contributed by atoms with Gasteiger partial charge in [0.2, 0.25) is 5.91 Å². The van der Waals surface area contributed by atoms with Crippen molar-refractivity contribution in [1.29, 1.82) is 0 Å². The summed E-state index contributed by atoms with van der Waals surface area (Å²) in [5.41, 5.74) is 1.56. The van der Waals surface area contributed by atoms with Gasteiger partial charge in [0.1, 0.15) is 0 Å². The number of hydrogen-bond acceptors (Lipinski definition) is 6. The van der Waals surface area contributed by atoms with E-state index in [4.69, 9.17) is 14.2 Å². The van der Waals surface area contributed by atoms with E-state index in [1.54, 1.807) is 37.4 Å². The Bertz CT molecular complexity index is 958.